The van der Waals surface area contributed by atoms with Crippen LogP contribution in [0.5, 0.6) is 0 Å². The third kappa shape index (κ3) is 5.46. The topological polar surface area (TPSA) is 67.2 Å². The van der Waals surface area contributed by atoms with Crippen LogP contribution in [0.15, 0.2) is 41.3 Å². The zero-order valence-corrected chi connectivity index (χ0v) is 17.1. The maximum absolute atomic E-state index is 12.4. The minimum absolute atomic E-state index is 0.0209. The molecule has 1 aromatic heterocycles. The molecule has 4 rings (SSSR count). The Morgan fingerprint density at radius 3 is 2.83 bits per heavy atom. The van der Waals surface area contributed by atoms with Crippen LogP contribution in [0.3, 0.4) is 0 Å². The third-order valence-electron chi connectivity index (χ3n) is 5.91. The van der Waals surface area contributed by atoms with E-state index in [0.29, 0.717) is 24.8 Å². The Kier molecular flexibility index (Phi) is 5.97. The van der Waals surface area contributed by atoms with Crippen LogP contribution >= 0.6 is 0 Å². The molecule has 154 valence electrons. The van der Waals surface area contributed by atoms with Crippen molar-refractivity contribution < 1.29 is 4.79 Å². The number of hydrogen-bond acceptors (Lipinski definition) is 4. The van der Waals surface area contributed by atoms with E-state index in [9.17, 15) is 9.59 Å². The van der Waals surface area contributed by atoms with E-state index in [1.165, 1.54) is 18.4 Å². The van der Waals surface area contributed by atoms with Gasteiger partial charge in [0.05, 0.1) is 11.9 Å². The van der Waals surface area contributed by atoms with Gasteiger partial charge in [0.15, 0.2) is 0 Å². The molecule has 1 N–H and O–H groups in total. The van der Waals surface area contributed by atoms with Crippen LogP contribution in [0.2, 0.25) is 0 Å². The second-order valence-corrected chi connectivity index (χ2v) is 8.60. The van der Waals surface area contributed by atoms with Gasteiger partial charge < -0.3 is 10.2 Å². The van der Waals surface area contributed by atoms with Gasteiger partial charge in [0, 0.05) is 38.7 Å². The quantitative estimate of drug-likeness (QED) is 0.784. The number of benzene rings is 1. The van der Waals surface area contributed by atoms with Crippen LogP contribution in [0.1, 0.15) is 43.2 Å². The molecule has 1 unspecified atom stereocenters. The summed E-state index contributed by atoms with van der Waals surface area (Å²) >= 11 is 0. The summed E-state index contributed by atoms with van der Waals surface area (Å²) in [5.74, 6) is 1.02. The number of nitrogens with zero attached hydrogens (tertiary/aromatic N) is 3. The molecule has 6 nitrogen and oxygen atoms in total. The fourth-order valence-electron chi connectivity index (χ4n) is 4.10. The van der Waals surface area contributed by atoms with Crippen molar-refractivity contribution >= 4 is 11.6 Å². The zero-order chi connectivity index (χ0) is 20.2. The van der Waals surface area contributed by atoms with Crippen molar-refractivity contribution in [3.05, 3.63) is 58.0 Å². The van der Waals surface area contributed by atoms with Crippen LogP contribution in [-0.2, 0) is 17.9 Å². The molecule has 1 atom stereocenters. The van der Waals surface area contributed by atoms with E-state index >= 15 is 0 Å². The average Bonchev–Trinajstić information content (AvgIpc) is 3.52. The van der Waals surface area contributed by atoms with Crippen molar-refractivity contribution in [2.75, 3.05) is 18.0 Å². The van der Waals surface area contributed by atoms with Gasteiger partial charge >= 0.3 is 0 Å². The maximum atomic E-state index is 12.4. The van der Waals surface area contributed by atoms with Crippen LogP contribution in [0.4, 0.5) is 5.69 Å². The summed E-state index contributed by atoms with van der Waals surface area (Å²) in [5.41, 5.74) is 3.19. The standard InChI is InChI=1S/C23H30N4O2/c1-17-4-2-5-19(10-17)13-24-22(28)11-20-6-3-9-26(15-20)21-12-23(29)27(25-14-21)16-18-7-8-18/h2,4-5,10,12,14,18,20H,3,6-9,11,13,15-16H2,1H3,(H,24,28). The molecule has 1 aliphatic heterocycles. The van der Waals surface area contributed by atoms with E-state index in [4.69, 9.17) is 0 Å². The second-order valence-electron chi connectivity index (χ2n) is 8.60. The summed E-state index contributed by atoms with van der Waals surface area (Å²) < 4.78 is 1.58. The number of hydrogen-bond donors (Lipinski definition) is 1. The van der Waals surface area contributed by atoms with Gasteiger partial charge in [0.25, 0.3) is 5.56 Å². The molecule has 0 bridgehead atoms. The molecule has 2 fully saturated rings. The lowest BCUT2D eigenvalue weighted by Crippen LogP contribution is -2.38. The number of amides is 1. The van der Waals surface area contributed by atoms with E-state index in [2.05, 4.69) is 34.4 Å². The van der Waals surface area contributed by atoms with Crippen molar-refractivity contribution in [3.8, 4) is 0 Å². The van der Waals surface area contributed by atoms with E-state index in [-0.39, 0.29) is 11.5 Å². The Labute approximate surface area is 171 Å². The highest BCUT2D eigenvalue weighted by atomic mass is 16.1. The van der Waals surface area contributed by atoms with Crippen molar-refractivity contribution in [2.24, 2.45) is 11.8 Å². The van der Waals surface area contributed by atoms with Gasteiger partial charge in [0.1, 0.15) is 0 Å². The third-order valence-corrected chi connectivity index (χ3v) is 5.91. The lowest BCUT2D eigenvalue weighted by Gasteiger charge is -2.34. The summed E-state index contributed by atoms with van der Waals surface area (Å²) in [6.07, 6.45) is 6.81. The number of carbonyl (C=O) groups excluding carboxylic acids is 1. The lowest BCUT2D eigenvalue weighted by atomic mass is 9.94. The summed E-state index contributed by atoms with van der Waals surface area (Å²) in [4.78, 5) is 27.0. The molecular weight excluding hydrogens is 364 g/mol. The maximum Gasteiger partial charge on any atom is 0.268 e. The molecule has 2 aliphatic rings. The molecule has 1 amide bonds. The average molecular weight is 395 g/mol. The Hall–Kier alpha value is -2.63. The fourth-order valence-corrected chi connectivity index (χ4v) is 4.10. The Balaban J connectivity index is 1.30. The van der Waals surface area contributed by atoms with Crippen molar-refractivity contribution in [2.45, 2.75) is 52.1 Å². The first-order valence-corrected chi connectivity index (χ1v) is 10.7. The van der Waals surface area contributed by atoms with Gasteiger partial charge in [-0.05, 0) is 50.0 Å². The molecule has 2 heterocycles. The Morgan fingerprint density at radius 2 is 2.07 bits per heavy atom. The van der Waals surface area contributed by atoms with Gasteiger partial charge in [0.2, 0.25) is 5.91 Å². The van der Waals surface area contributed by atoms with E-state index in [1.54, 1.807) is 10.7 Å². The zero-order valence-electron chi connectivity index (χ0n) is 17.1. The number of aryl methyl sites for hydroxylation is 1. The van der Waals surface area contributed by atoms with Gasteiger partial charge in [-0.1, -0.05) is 29.8 Å². The first-order valence-electron chi connectivity index (χ1n) is 10.7. The van der Waals surface area contributed by atoms with Gasteiger partial charge in [-0.2, -0.15) is 5.10 Å². The van der Waals surface area contributed by atoms with Crippen LogP contribution in [0.25, 0.3) is 0 Å². The van der Waals surface area contributed by atoms with E-state index in [0.717, 1.165) is 43.7 Å². The predicted molar refractivity (Wildman–Crippen MR) is 114 cm³/mol. The second kappa shape index (κ2) is 8.80. The largest absolute Gasteiger partial charge is 0.370 e. The molecule has 0 spiro atoms. The first-order chi connectivity index (χ1) is 14.1. The number of nitrogens with one attached hydrogen (secondary N) is 1. The van der Waals surface area contributed by atoms with Crippen LogP contribution < -0.4 is 15.8 Å². The highest BCUT2D eigenvalue weighted by Gasteiger charge is 2.25. The molecule has 1 saturated heterocycles. The molecular formula is C23H30N4O2. The lowest BCUT2D eigenvalue weighted by molar-refractivity contribution is -0.122. The van der Waals surface area contributed by atoms with Gasteiger partial charge in [-0.3, -0.25) is 9.59 Å². The molecule has 2 aromatic rings. The molecule has 1 aromatic carbocycles. The first kappa shape index (κ1) is 19.7. The van der Waals surface area contributed by atoms with Crippen molar-refractivity contribution in [1.82, 2.24) is 15.1 Å². The van der Waals surface area contributed by atoms with Crippen LogP contribution in [-0.4, -0.2) is 28.8 Å². The minimum Gasteiger partial charge on any atom is -0.370 e. The molecule has 0 radical (unpaired) electrons. The molecule has 29 heavy (non-hydrogen) atoms. The van der Waals surface area contributed by atoms with E-state index < -0.39 is 0 Å². The van der Waals surface area contributed by atoms with Crippen LogP contribution in [0, 0.1) is 18.8 Å². The highest BCUT2D eigenvalue weighted by molar-refractivity contribution is 5.76. The highest BCUT2D eigenvalue weighted by Crippen LogP contribution is 2.30. The summed E-state index contributed by atoms with van der Waals surface area (Å²) in [5, 5.41) is 7.42. The number of piperidine rings is 1. The summed E-state index contributed by atoms with van der Waals surface area (Å²) in [7, 11) is 0. The predicted octanol–water partition coefficient (Wildman–Crippen LogP) is 2.88. The monoisotopic (exact) mass is 394 g/mol. The SMILES string of the molecule is Cc1cccc(CNC(=O)CC2CCCN(c3cnn(CC4CC4)c(=O)c3)C2)c1. The van der Waals surface area contributed by atoms with E-state index in [1.807, 2.05) is 18.3 Å². The number of carbonyl (C=O) groups is 1. The molecule has 1 saturated carbocycles. The smallest absolute Gasteiger partial charge is 0.268 e. The fraction of sp³-hybridized carbons (Fsp3) is 0.522. The summed E-state index contributed by atoms with van der Waals surface area (Å²) in [6, 6.07) is 9.91. The minimum atomic E-state index is -0.0209. The number of rotatable bonds is 7. The van der Waals surface area contributed by atoms with Crippen molar-refractivity contribution in [3.63, 3.8) is 0 Å². The summed E-state index contributed by atoms with van der Waals surface area (Å²) in [6.45, 7) is 5.07. The number of aromatic nitrogens is 2. The number of anilines is 1. The van der Waals surface area contributed by atoms with Crippen molar-refractivity contribution in [1.29, 1.82) is 0 Å². The molecule has 1 aliphatic carbocycles. The Morgan fingerprint density at radius 1 is 1.21 bits per heavy atom. The van der Waals surface area contributed by atoms with Gasteiger partial charge in [-0.25, -0.2) is 4.68 Å². The molecule has 6 heteroatoms. The normalized spacial score (nSPS) is 19.2. The Bertz CT molecular complexity index is 919. The van der Waals surface area contributed by atoms with Gasteiger partial charge in [-0.15, -0.1) is 0 Å².